The van der Waals surface area contributed by atoms with Crippen molar-refractivity contribution in [1.82, 2.24) is 9.88 Å². The summed E-state index contributed by atoms with van der Waals surface area (Å²) < 4.78 is 0. The van der Waals surface area contributed by atoms with Crippen LogP contribution in [-0.2, 0) is 11.3 Å². The van der Waals surface area contributed by atoms with E-state index < -0.39 is 5.97 Å². The molecular formula is C14H21N3O2S. The van der Waals surface area contributed by atoms with Crippen LogP contribution in [0.4, 0.5) is 5.13 Å². The minimum atomic E-state index is -0.700. The normalized spacial score (nSPS) is 23.1. The molecule has 1 aliphatic heterocycles. The summed E-state index contributed by atoms with van der Waals surface area (Å²) in [6.07, 6.45) is 4.89. The molecule has 0 aromatic carbocycles. The van der Waals surface area contributed by atoms with Crippen LogP contribution in [-0.4, -0.2) is 46.6 Å². The van der Waals surface area contributed by atoms with E-state index in [0.29, 0.717) is 6.04 Å². The number of aromatic nitrogens is 1. The average molecular weight is 295 g/mol. The summed E-state index contributed by atoms with van der Waals surface area (Å²) in [5.41, 5.74) is 1.08. The third-order valence-corrected chi connectivity index (χ3v) is 5.19. The zero-order valence-electron chi connectivity index (χ0n) is 11.8. The summed E-state index contributed by atoms with van der Waals surface area (Å²) >= 11 is 1.70. The minimum Gasteiger partial charge on any atom is -0.481 e. The molecule has 20 heavy (non-hydrogen) atoms. The first kappa shape index (κ1) is 13.8. The Morgan fingerprint density at radius 3 is 3.05 bits per heavy atom. The van der Waals surface area contributed by atoms with Gasteiger partial charge in [-0.1, -0.05) is 0 Å². The zero-order chi connectivity index (χ0) is 14.1. The highest BCUT2D eigenvalue weighted by Crippen LogP contribution is 2.32. The molecule has 1 aliphatic carbocycles. The van der Waals surface area contributed by atoms with Gasteiger partial charge in [-0.25, -0.2) is 4.98 Å². The van der Waals surface area contributed by atoms with Gasteiger partial charge in [0.25, 0.3) is 0 Å². The number of thiazole rings is 1. The predicted molar refractivity (Wildman–Crippen MR) is 79.2 cm³/mol. The Bertz CT molecular complexity index is 487. The molecule has 1 atom stereocenters. The monoisotopic (exact) mass is 295 g/mol. The van der Waals surface area contributed by atoms with Crippen LogP contribution in [0.25, 0.3) is 0 Å². The van der Waals surface area contributed by atoms with E-state index in [1.54, 1.807) is 11.3 Å². The summed E-state index contributed by atoms with van der Waals surface area (Å²) in [5, 5.41) is 12.2. The van der Waals surface area contributed by atoms with Crippen LogP contribution >= 0.6 is 11.3 Å². The van der Waals surface area contributed by atoms with Crippen LogP contribution in [0.1, 0.15) is 37.8 Å². The molecule has 2 fully saturated rings. The van der Waals surface area contributed by atoms with Crippen LogP contribution in [0.5, 0.6) is 0 Å². The summed E-state index contributed by atoms with van der Waals surface area (Å²) in [6, 6.07) is 0.861. The Hall–Kier alpha value is -1.14. The van der Waals surface area contributed by atoms with E-state index in [9.17, 15) is 4.79 Å². The maximum Gasteiger partial charge on any atom is 0.304 e. The lowest BCUT2D eigenvalue weighted by atomic mass is 10.1. The Balaban J connectivity index is 1.60. The van der Waals surface area contributed by atoms with Gasteiger partial charge in [-0.05, 0) is 32.2 Å². The topological polar surface area (TPSA) is 56.7 Å². The number of rotatable bonds is 6. The van der Waals surface area contributed by atoms with Gasteiger partial charge in [0, 0.05) is 31.1 Å². The molecular weight excluding hydrogens is 274 g/mol. The molecule has 3 rings (SSSR count). The minimum absolute atomic E-state index is 0.179. The van der Waals surface area contributed by atoms with Gasteiger partial charge < -0.3 is 10.0 Å². The molecule has 1 aromatic heterocycles. The standard InChI is InChI=1S/C14H21N3O2S/c1-16(11-4-5-11)14-15-10(9-20-14)8-17-6-2-3-12(17)7-13(18)19/h9,11-12H,2-8H2,1H3,(H,18,19). The van der Waals surface area contributed by atoms with E-state index in [-0.39, 0.29) is 12.5 Å². The van der Waals surface area contributed by atoms with Crippen LogP contribution in [0, 0.1) is 0 Å². The molecule has 5 nitrogen and oxygen atoms in total. The average Bonchev–Trinajstić information content (AvgIpc) is 3.01. The molecule has 0 amide bonds. The smallest absolute Gasteiger partial charge is 0.304 e. The molecule has 0 radical (unpaired) electrons. The van der Waals surface area contributed by atoms with E-state index in [1.165, 1.54) is 12.8 Å². The molecule has 2 aliphatic rings. The second-order valence-corrected chi connectivity index (χ2v) is 6.66. The number of hydrogen-bond acceptors (Lipinski definition) is 5. The van der Waals surface area contributed by atoms with Crippen molar-refractivity contribution in [2.75, 3.05) is 18.5 Å². The largest absolute Gasteiger partial charge is 0.481 e. The SMILES string of the molecule is CN(c1nc(CN2CCCC2CC(=O)O)cs1)C1CC1. The first-order valence-corrected chi connectivity index (χ1v) is 8.14. The molecule has 110 valence electrons. The molecule has 0 spiro atoms. The fourth-order valence-corrected chi connectivity index (χ4v) is 3.75. The quantitative estimate of drug-likeness (QED) is 0.872. The lowest BCUT2D eigenvalue weighted by molar-refractivity contribution is -0.138. The van der Waals surface area contributed by atoms with Crippen molar-refractivity contribution in [3.63, 3.8) is 0 Å². The van der Waals surface area contributed by atoms with Gasteiger partial charge in [-0.15, -0.1) is 11.3 Å². The van der Waals surface area contributed by atoms with E-state index >= 15 is 0 Å². The van der Waals surface area contributed by atoms with Crippen molar-refractivity contribution >= 4 is 22.4 Å². The van der Waals surface area contributed by atoms with Crippen LogP contribution < -0.4 is 4.90 Å². The summed E-state index contributed by atoms with van der Waals surface area (Å²) in [7, 11) is 2.11. The Morgan fingerprint density at radius 2 is 2.35 bits per heavy atom. The first-order chi connectivity index (χ1) is 9.63. The third-order valence-electron chi connectivity index (χ3n) is 4.21. The van der Waals surface area contributed by atoms with E-state index in [0.717, 1.165) is 36.8 Å². The fraction of sp³-hybridized carbons (Fsp3) is 0.714. The van der Waals surface area contributed by atoms with Gasteiger partial charge >= 0.3 is 5.97 Å². The van der Waals surface area contributed by atoms with Gasteiger partial charge in [0.05, 0.1) is 12.1 Å². The highest BCUT2D eigenvalue weighted by atomic mass is 32.1. The number of hydrogen-bond donors (Lipinski definition) is 1. The van der Waals surface area contributed by atoms with Crippen molar-refractivity contribution in [2.45, 2.75) is 50.7 Å². The van der Waals surface area contributed by atoms with Gasteiger partial charge in [-0.2, -0.15) is 0 Å². The lowest BCUT2D eigenvalue weighted by Gasteiger charge is -2.22. The summed E-state index contributed by atoms with van der Waals surface area (Å²) in [5.74, 6) is -0.700. The highest BCUT2D eigenvalue weighted by Gasteiger charge is 2.29. The molecule has 2 heterocycles. The molecule has 1 N–H and O–H groups in total. The van der Waals surface area contributed by atoms with Gasteiger partial charge in [0.1, 0.15) is 0 Å². The first-order valence-electron chi connectivity index (χ1n) is 7.26. The third kappa shape index (κ3) is 3.12. The predicted octanol–water partition coefficient (Wildman–Crippen LogP) is 2.18. The van der Waals surface area contributed by atoms with E-state index in [1.807, 2.05) is 0 Å². The van der Waals surface area contributed by atoms with E-state index in [4.69, 9.17) is 10.1 Å². The van der Waals surface area contributed by atoms with Crippen molar-refractivity contribution < 1.29 is 9.90 Å². The van der Waals surface area contributed by atoms with Crippen LogP contribution in [0.3, 0.4) is 0 Å². The number of carboxylic acid groups (broad SMARTS) is 1. The number of likely N-dealkylation sites (tertiary alicyclic amines) is 1. The van der Waals surface area contributed by atoms with Crippen molar-refractivity contribution in [3.05, 3.63) is 11.1 Å². The number of carboxylic acids is 1. The van der Waals surface area contributed by atoms with Gasteiger partial charge in [0.15, 0.2) is 5.13 Å². The molecule has 1 saturated carbocycles. The van der Waals surface area contributed by atoms with Gasteiger partial charge in [-0.3, -0.25) is 9.69 Å². The molecule has 0 bridgehead atoms. The highest BCUT2D eigenvalue weighted by molar-refractivity contribution is 7.13. The number of aliphatic carboxylic acids is 1. The summed E-state index contributed by atoms with van der Waals surface area (Å²) in [6.45, 7) is 1.77. The van der Waals surface area contributed by atoms with Crippen molar-refractivity contribution in [1.29, 1.82) is 0 Å². The van der Waals surface area contributed by atoms with Crippen molar-refractivity contribution in [2.24, 2.45) is 0 Å². The Labute approximate surface area is 123 Å². The molecule has 6 heteroatoms. The van der Waals surface area contributed by atoms with Crippen LogP contribution in [0.2, 0.25) is 0 Å². The van der Waals surface area contributed by atoms with Crippen LogP contribution in [0.15, 0.2) is 5.38 Å². The number of carbonyl (C=O) groups is 1. The number of nitrogens with zero attached hydrogens (tertiary/aromatic N) is 3. The lowest BCUT2D eigenvalue weighted by Crippen LogP contribution is -2.31. The maximum atomic E-state index is 10.9. The maximum absolute atomic E-state index is 10.9. The second-order valence-electron chi connectivity index (χ2n) is 5.83. The second kappa shape index (κ2) is 5.69. The molecule has 1 saturated heterocycles. The van der Waals surface area contributed by atoms with E-state index in [2.05, 4.69) is 22.2 Å². The van der Waals surface area contributed by atoms with Gasteiger partial charge in [0.2, 0.25) is 0 Å². The zero-order valence-corrected chi connectivity index (χ0v) is 12.6. The summed E-state index contributed by atoms with van der Waals surface area (Å²) in [4.78, 5) is 20.1. The Morgan fingerprint density at radius 1 is 1.55 bits per heavy atom. The molecule has 1 unspecified atom stereocenters. The Kier molecular flexibility index (Phi) is 3.94. The fourth-order valence-electron chi connectivity index (χ4n) is 2.89. The molecule has 1 aromatic rings. The van der Waals surface area contributed by atoms with Crippen molar-refractivity contribution in [3.8, 4) is 0 Å². The number of anilines is 1.